The Kier molecular flexibility index (Phi) is 63.0. The number of hydrogen-bond donors (Lipinski definition) is 6. The third-order valence-electron chi connectivity index (χ3n) is 18.2. The van der Waals surface area contributed by atoms with Crippen molar-refractivity contribution in [3.63, 3.8) is 0 Å². The van der Waals surface area contributed by atoms with Gasteiger partial charge in [0.1, 0.15) is 24.4 Å². The number of aliphatic hydroxyl groups excluding tert-OH is 5. The van der Waals surface area contributed by atoms with Crippen molar-refractivity contribution in [3.8, 4) is 0 Å². The summed E-state index contributed by atoms with van der Waals surface area (Å²) in [6.07, 6.45) is 75.5. The van der Waals surface area contributed by atoms with Crippen molar-refractivity contribution >= 4 is 11.9 Å². The van der Waals surface area contributed by atoms with E-state index >= 15 is 0 Å². The first kappa shape index (κ1) is 85.4. The second-order valence-corrected chi connectivity index (χ2v) is 26.7. The lowest BCUT2D eigenvalue weighted by Gasteiger charge is -2.41. The minimum Gasteiger partial charge on any atom is -0.454 e. The monoisotopic (exact) mass is 1270 g/mol. The topological polar surface area (TPSA) is 175 Å². The standard InChI is InChI=1S/C79H145NO10/c1-4-7-10-13-16-19-22-25-27-29-31-33-35-37-39-41-43-45-47-49-52-55-58-61-64-67-74(84)90-77-76(86)75(85)73(68-81)89-79(77)88-69-70(71(82)65-62-59-56-53-50-24-21-18-15-12-9-6-3)80-78(87)72(83)66-63-60-57-54-51-48-46-44-42-40-38-36-34-32-30-28-26-23-20-17-14-11-8-5-2/h16,19,25,27,31,33,37,39,62,65,70-73,75-77,79,81-83,85-86H,4-15,17-18,20-24,26,28-30,32,34-36,38,40-61,63-64,66-69H2,1-3H3,(H,80,87)/b19-16-,27-25-,33-31-,39-37-,65-62+. The number of rotatable bonds is 67. The molecule has 11 heteroatoms. The van der Waals surface area contributed by atoms with E-state index in [-0.39, 0.29) is 13.0 Å². The summed E-state index contributed by atoms with van der Waals surface area (Å²) in [5, 5.41) is 57.4. The molecule has 0 bridgehead atoms. The number of carbonyl (C=O) groups is 2. The highest BCUT2D eigenvalue weighted by Gasteiger charge is 2.47. The van der Waals surface area contributed by atoms with Crippen LogP contribution in [0.5, 0.6) is 0 Å². The van der Waals surface area contributed by atoms with Crippen LogP contribution >= 0.6 is 0 Å². The molecule has 1 heterocycles. The van der Waals surface area contributed by atoms with Crippen LogP contribution in [0, 0.1) is 0 Å². The Morgan fingerprint density at radius 1 is 0.433 bits per heavy atom. The molecule has 90 heavy (non-hydrogen) atoms. The maximum atomic E-state index is 13.5. The molecule has 0 aromatic rings. The van der Waals surface area contributed by atoms with E-state index in [1.165, 1.54) is 231 Å². The Labute approximate surface area is 554 Å². The molecular weight excluding hydrogens is 1120 g/mol. The molecule has 1 rings (SSSR count). The third-order valence-corrected chi connectivity index (χ3v) is 18.2. The summed E-state index contributed by atoms with van der Waals surface area (Å²) in [6.45, 7) is 5.82. The normalized spacial score (nSPS) is 18.3. The molecule has 526 valence electrons. The largest absolute Gasteiger partial charge is 0.454 e. The quantitative estimate of drug-likeness (QED) is 0.0195. The van der Waals surface area contributed by atoms with Gasteiger partial charge < -0.3 is 45.1 Å². The number of aliphatic hydroxyl groups is 5. The molecule has 11 nitrogen and oxygen atoms in total. The molecule has 1 saturated heterocycles. The Balaban J connectivity index is 2.52. The molecule has 8 unspecified atom stereocenters. The Hall–Kier alpha value is -2.64. The fourth-order valence-electron chi connectivity index (χ4n) is 12.1. The first-order valence-electron chi connectivity index (χ1n) is 38.6. The number of nitrogens with one attached hydrogen (secondary N) is 1. The van der Waals surface area contributed by atoms with Gasteiger partial charge in [-0.2, -0.15) is 0 Å². The maximum absolute atomic E-state index is 13.5. The van der Waals surface area contributed by atoms with E-state index in [2.05, 4.69) is 74.7 Å². The molecule has 1 fully saturated rings. The summed E-state index contributed by atoms with van der Waals surface area (Å²) >= 11 is 0. The zero-order valence-corrected chi connectivity index (χ0v) is 58.8. The van der Waals surface area contributed by atoms with Crippen LogP contribution in [0.4, 0.5) is 0 Å². The Morgan fingerprint density at radius 3 is 1.17 bits per heavy atom. The zero-order valence-electron chi connectivity index (χ0n) is 58.8. The van der Waals surface area contributed by atoms with Gasteiger partial charge in [-0.3, -0.25) is 9.59 Å². The minimum absolute atomic E-state index is 0.117. The van der Waals surface area contributed by atoms with E-state index in [1.807, 2.05) is 6.08 Å². The lowest BCUT2D eigenvalue weighted by molar-refractivity contribution is -0.305. The lowest BCUT2D eigenvalue weighted by atomic mass is 9.99. The van der Waals surface area contributed by atoms with Gasteiger partial charge in [0.05, 0.1) is 25.4 Å². The Bertz CT molecular complexity index is 1700. The van der Waals surface area contributed by atoms with E-state index in [9.17, 15) is 35.1 Å². The molecule has 0 saturated carbocycles. The zero-order chi connectivity index (χ0) is 65.3. The number of unbranched alkanes of at least 4 members (excludes halogenated alkanes) is 45. The van der Waals surface area contributed by atoms with Crippen LogP contribution in [0.25, 0.3) is 0 Å². The van der Waals surface area contributed by atoms with Crippen LogP contribution in [0.3, 0.4) is 0 Å². The molecule has 0 aromatic heterocycles. The molecular formula is C79H145NO10. The predicted molar refractivity (Wildman–Crippen MR) is 380 cm³/mol. The first-order chi connectivity index (χ1) is 44.2. The van der Waals surface area contributed by atoms with E-state index in [1.54, 1.807) is 6.08 Å². The summed E-state index contributed by atoms with van der Waals surface area (Å²) in [5.74, 6) is -1.19. The van der Waals surface area contributed by atoms with Gasteiger partial charge in [0.2, 0.25) is 5.91 Å². The van der Waals surface area contributed by atoms with Crippen molar-refractivity contribution in [3.05, 3.63) is 60.8 Å². The SMILES string of the molecule is CCCCC/C=C\C/C=C\C/C=C\C/C=C\CCCCCCCCCCCC(=O)OC1C(OCC(NC(=O)C(O)CCCCCCCCCCCCCCCCCCCCCCCCCC)C(O)/C=C/CCCCCCCCCCCC)OC(CO)C(O)C1O. The second-order valence-electron chi connectivity index (χ2n) is 26.7. The van der Waals surface area contributed by atoms with E-state index in [0.29, 0.717) is 19.3 Å². The van der Waals surface area contributed by atoms with Gasteiger partial charge in [-0.15, -0.1) is 0 Å². The summed E-state index contributed by atoms with van der Waals surface area (Å²) in [5.41, 5.74) is 0. The number of carbonyl (C=O) groups excluding carboxylic acids is 2. The van der Waals surface area contributed by atoms with Crippen LogP contribution in [0.1, 0.15) is 367 Å². The average molecular weight is 1270 g/mol. The molecule has 0 aromatic carbocycles. The molecule has 6 N–H and O–H groups in total. The molecule has 0 aliphatic carbocycles. The maximum Gasteiger partial charge on any atom is 0.306 e. The predicted octanol–water partition coefficient (Wildman–Crippen LogP) is 20.5. The second kappa shape index (κ2) is 66.4. The summed E-state index contributed by atoms with van der Waals surface area (Å²) in [7, 11) is 0. The lowest BCUT2D eigenvalue weighted by Crippen LogP contribution is -2.61. The average Bonchev–Trinajstić information content (AvgIpc) is 1.18. The van der Waals surface area contributed by atoms with Gasteiger partial charge in [-0.05, 0) is 70.6 Å². The molecule has 1 aliphatic rings. The minimum atomic E-state index is -1.62. The van der Waals surface area contributed by atoms with Crippen LogP contribution in [-0.4, -0.2) is 99.6 Å². The van der Waals surface area contributed by atoms with Gasteiger partial charge in [0, 0.05) is 6.42 Å². The highest BCUT2D eigenvalue weighted by Crippen LogP contribution is 2.27. The van der Waals surface area contributed by atoms with Crippen molar-refractivity contribution in [2.45, 2.75) is 416 Å². The first-order valence-corrected chi connectivity index (χ1v) is 38.6. The van der Waals surface area contributed by atoms with Crippen molar-refractivity contribution in [2.75, 3.05) is 13.2 Å². The molecule has 0 spiro atoms. The number of esters is 1. The highest BCUT2D eigenvalue weighted by atomic mass is 16.7. The van der Waals surface area contributed by atoms with Gasteiger partial charge >= 0.3 is 5.97 Å². The van der Waals surface area contributed by atoms with Gasteiger partial charge in [0.25, 0.3) is 0 Å². The van der Waals surface area contributed by atoms with Crippen LogP contribution in [0.2, 0.25) is 0 Å². The van der Waals surface area contributed by atoms with Crippen LogP contribution in [0.15, 0.2) is 60.8 Å². The van der Waals surface area contributed by atoms with Crippen molar-refractivity contribution in [2.24, 2.45) is 0 Å². The van der Waals surface area contributed by atoms with Crippen molar-refractivity contribution in [1.82, 2.24) is 5.32 Å². The summed E-state index contributed by atoms with van der Waals surface area (Å²) < 4.78 is 17.7. The third kappa shape index (κ3) is 52.7. The molecule has 8 atom stereocenters. The van der Waals surface area contributed by atoms with E-state index in [4.69, 9.17) is 14.2 Å². The molecule has 0 radical (unpaired) electrons. The van der Waals surface area contributed by atoms with Crippen molar-refractivity contribution < 1.29 is 49.3 Å². The summed E-state index contributed by atoms with van der Waals surface area (Å²) in [6, 6.07) is -1.03. The van der Waals surface area contributed by atoms with Gasteiger partial charge in [-0.1, -0.05) is 351 Å². The Morgan fingerprint density at radius 2 is 0.767 bits per heavy atom. The number of amides is 1. The fourth-order valence-corrected chi connectivity index (χ4v) is 12.1. The number of hydrogen-bond acceptors (Lipinski definition) is 10. The van der Waals surface area contributed by atoms with Crippen LogP contribution in [-0.2, 0) is 23.8 Å². The number of ether oxygens (including phenoxy) is 3. The fraction of sp³-hybridized carbons (Fsp3) is 0.848. The molecule has 1 amide bonds. The van der Waals surface area contributed by atoms with E-state index in [0.717, 1.165) is 89.9 Å². The summed E-state index contributed by atoms with van der Waals surface area (Å²) in [4.78, 5) is 26.7. The smallest absolute Gasteiger partial charge is 0.306 e. The molecule has 1 aliphatic heterocycles. The van der Waals surface area contributed by atoms with Crippen molar-refractivity contribution in [1.29, 1.82) is 0 Å². The number of allylic oxidation sites excluding steroid dienone is 9. The van der Waals surface area contributed by atoms with Gasteiger partial charge in [0.15, 0.2) is 12.4 Å². The van der Waals surface area contributed by atoms with Gasteiger partial charge in [-0.25, -0.2) is 0 Å². The highest BCUT2D eigenvalue weighted by molar-refractivity contribution is 5.80. The van der Waals surface area contributed by atoms with E-state index < -0.39 is 67.4 Å². The van der Waals surface area contributed by atoms with Crippen LogP contribution < -0.4 is 5.32 Å².